The molecule has 3 aromatic rings. The molecule has 0 unspecified atom stereocenters. The van der Waals surface area contributed by atoms with Crippen LogP contribution in [0.25, 0.3) is 11.3 Å². The molecule has 0 atom stereocenters. The van der Waals surface area contributed by atoms with Gasteiger partial charge in [0.1, 0.15) is 0 Å². The molecule has 1 fully saturated rings. The van der Waals surface area contributed by atoms with Gasteiger partial charge in [-0.1, -0.05) is 24.6 Å². The molecule has 1 saturated carbocycles. The fourth-order valence-corrected chi connectivity index (χ4v) is 2.93. The Balaban J connectivity index is 1.41. The van der Waals surface area contributed by atoms with Crippen molar-refractivity contribution in [1.29, 1.82) is 0 Å². The van der Waals surface area contributed by atoms with Gasteiger partial charge in [-0.25, -0.2) is 0 Å². The van der Waals surface area contributed by atoms with Crippen LogP contribution < -0.4 is 5.32 Å². The number of aromatic amines is 1. The van der Waals surface area contributed by atoms with Gasteiger partial charge in [-0.2, -0.15) is 5.10 Å². The minimum atomic E-state index is 0.734. The first-order valence-electron chi connectivity index (χ1n) is 8.17. The second-order valence-electron chi connectivity index (χ2n) is 6.12. The Morgan fingerprint density at radius 1 is 1.13 bits per heavy atom. The number of nitrogens with one attached hydrogen (secondary N) is 2. The minimum absolute atomic E-state index is 0.734. The predicted molar refractivity (Wildman–Crippen MR) is 92.2 cm³/mol. The van der Waals surface area contributed by atoms with Gasteiger partial charge in [0.2, 0.25) is 0 Å². The van der Waals surface area contributed by atoms with Crippen LogP contribution >= 0.6 is 0 Å². The van der Waals surface area contributed by atoms with Crippen LogP contribution in [0.1, 0.15) is 36.4 Å². The summed E-state index contributed by atoms with van der Waals surface area (Å²) >= 11 is 0. The predicted octanol–water partition coefficient (Wildman–Crippen LogP) is 4.35. The summed E-state index contributed by atoms with van der Waals surface area (Å²) in [4.78, 5) is 4.59. The number of rotatable bonds is 5. The fraction of sp³-hybridized carbons (Fsp3) is 0.263. The van der Waals surface area contributed by atoms with E-state index in [4.69, 9.17) is 0 Å². The highest BCUT2D eigenvalue weighted by Gasteiger charge is 2.19. The SMILES string of the molecule is c1cc(NCc2ccc(C3CCC3)cn2)cc(-c2ccn[nH]2)c1. The lowest BCUT2D eigenvalue weighted by molar-refractivity contribution is 0.418. The van der Waals surface area contributed by atoms with Gasteiger partial charge in [0, 0.05) is 23.6 Å². The average Bonchev–Trinajstić information content (AvgIpc) is 3.07. The lowest BCUT2D eigenvalue weighted by Gasteiger charge is -2.25. The van der Waals surface area contributed by atoms with Crippen LogP contribution in [0.15, 0.2) is 54.9 Å². The Kier molecular flexibility index (Phi) is 3.80. The summed E-state index contributed by atoms with van der Waals surface area (Å²) in [5, 5.41) is 10.4. The van der Waals surface area contributed by atoms with Crippen LogP contribution in [0.2, 0.25) is 0 Å². The third-order valence-corrected chi connectivity index (χ3v) is 4.57. The van der Waals surface area contributed by atoms with Crippen LogP contribution in [-0.4, -0.2) is 15.2 Å². The first-order chi connectivity index (χ1) is 11.4. The number of aromatic nitrogens is 3. The molecular weight excluding hydrogens is 284 g/mol. The second kappa shape index (κ2) is 6.24. The summed E-state index contributed by atoms with van der Waals surface area (Å²) < 4.78 is 0. The van der Waals surface area contributed by atoms with Crippen molar-refractivity contribution in [1.82, 2.24) is 15.2 Å². The van der Waals surface area contributed by atoms with E-state index < -0.39 is 0 Å². The maximum absolute atomic E-state index is 4.59. The number of pyridine rings is 1. The van der Waals surface area contributed by atoms with Crippen molar-refractivity contribution >= 4 is 5.69 Å². The van der Waals surface area contributed by atoms with Crippen molar-refractivity contribution in [3.05, 3.63) is 66.1 Å². The molecule has 2 aromatic heterocycles. The molecule has 23 heavy (non-hydrogen) atoms. The molecule has 116 valence electrons. The molecule has 0 radical (unpaired) electrons. The van der Waals surface area contributed by atoms with Crippen molar-refractivity contribution in [3.63, 3.8) is 0 Å². The van der Waals surface area contributed by atoms with Crippen molar-refractivity contribution in [2.75, 3.05) is 5.32 Å². The van der Waals surface area contributed by atoms with E-state index in [-0.39, 0.29) is 0 Å². The highest BCUT2D eigenvalue weighted by Crippen LogP contribution is 2.35. The number of anilines is 1. The Morgan fingerprint density at radius 3 is 2.78 bits per heavy atom. The van der Waals surface area contributed by atoms with Crippen LogP contribution in [0.3, 0.4) is 0 Å². The summed E-state index contributed by atoms with van der Waals surface area (Å²) in [5.74, 6) is 0.746. The Hall–Kier alpha value is -2.62. The summed E-state index contributed by atoms with van der Waals surface area (Å²) in [5.41, 5.74) is 5.70. The van der Waals surface area contributed by atoms with Crippen molar-refractivity contribution in [3.8, 4) is 11.3 Å². The topological polar surface area (TPSA) is 53.6 Å². The van der Waals surface area contributed by atoms with Crippen LogP contribution in [0.5, 0.6) is 0 Å². The molecule has 4 nitrogen and oxygen atoms in total. The Morgan fingerprint density at radius 2 is 2.09 bits per heavy atom. The molecule has 0 amide bonds. The minimum Gasteiger partial charge on any atom is -0.379 e. The van der Waals surface area contributed by atoms with E-state index in [1.54, 1.807) is 6.20 Å². The number of benzene rings is 1. The molecular formula is C19H20N4. The van der Waals surface area contributed by atoms with Gasteiger partial charge in [-0.3, -0.25) is 10.1 Å². The van der Waals surface area contributed by atoms with E-state index in [2.05, 4.69) is 50.8 Å². The monoisotopic (exact) mass is 304 g/mol. The molecule has 1 aromatic carbocycles. The van der Waals surface area contributed by atoms with Crippen molar-refractivity contribution < 1.29 is 0 Å². The molecule has 0 aliphatic heterocycles. The van der Waals surface area contributed by atoms with Gasteiger partial charge in [0.05, 0.1) is 17.9 Å². The third kappa shape index (κ3) is 3.11. The van der Waals surface area contributed by atoms with E-state index in [9.17, 15) is 0 Å². The highest BCUT2D eigenvalue weighted by atomic mass is 15.1. The van der Waals surface area contributed by atoms with E-state index >= 15 is 0 Å². The first-order valence-corrected chi connectivity index (χ1v) is 8.17. The summed E-state index contributed by atoms with van der Waals surface area (Å²) in [7, 11) is 0. The van der Waals surface area contributed by atoms with E-state index in [1.165, 1.54) is 24.8 Å². The van der Waals surface area contributed by atoms with Crippen LogP contribution in [-0.2, 0) is 6.54 Å². The molecule has 2 N–H and O–H groups in total. The molecule has 4 heteroatoms. The van der Waals surface area contributed by atoms with Gasteiger partial charge in [0.15, 0.2) is 0 Å². The number of H-pyrrole nitrogens is 1. The first kappa shape index (κ1) is 14.0. The van der Waals surface area contributed by atoms with Gasteiger partial charge in [0.25, 0.3) is 0 Å². The zero-order chi connectivity index (χ0) is 15.5. The molecule has 0 bridgehead atoms. The number of hydrogen-bond donors (Lipinski definition) is 2. The zero-order valence-corrected chi connectivity index (χ0v) is 13.0. The third-order valence-electron chi connectivity index (χ3n) is 4.57. The molecule has 0 saturated heterocycles. The normalized spacial score (nSPS) is 14.4. The van der Waals surface area contributed by atoms with Crippen molar-refractivity contribution in [2.24, 2.45) is 0 Å². The quantitative estimate of drug-likeness (QED) is 0.736. The molecule has 1 aliphatic carbocycles. The smallest absolute Gasteiger partial charge is 0.0650 e. The zero-order valence-electron chi connectivity index (χ0n) is 13.0. The highest BCUT2D eigenvalue weighted by molar-refractivity contribution is 5.64. The van der Waals surface area contributed by atoms with Gasteiger partial charge in [-0.15, -0.1) is 0 Å². The van der Waals surface area contributed by atoms with Gasteiger partial charge in [-0.05, 0) is 48.6 Å². The fourth-order valence-electron chi connectivity index (χ4n) is 2.93. The standard InChI is InChI=1S/C19H20N4/c1-3-14(4-1)16-7-8-18(20-12-16)13-21-17-6-2-5-15(11-17)19-9-10-22-23-19/h2,5-12,14,21H,1,3-4,13H2,(H,22,23). The molecule has 2 heterocycles. The van der Waals surface area contributed by atoms with Crippen LogP contribution in [0.4, 0.5) is 5.69 Å². The summed E-state index contributed by atoms with van der Waals surface area (Å²) in [6.07, 6.45) is 7.81. The maximum atomic E-state index is 4.59. The largest absolute Gasteiger partial charge is 0.379 e. The molecule has 0 spiro atoms. The Labute approximate surface area is 136 Å². The van der Waals surface area contributed by atoms with E-state index in [1.807, 2.05) is 18.3 Å². The van der Waals surface area contributed by atoms with Crippen LogP contribution in [0, 0.1) is 0 Å². The maximum Gasteiger partial charge on any atom is 0.0650 e. The average molecular weight is 304 g/mol. The van der Waals surface area contributed by atoms with Gasteiger partial charge >= 0.3 is 0 Å². The Bertz CT molecular complexity index is 758. The van der Waals surface area contributed by atoms with Crippen molar-refractivity contribution in [2.45, 2.75) is 31.7 Å². The lowest BCUT2D eigenvalue weighted by Crippen LogP contribution is -2.09. The molecule has 1 aliphatic rings. The summed E-state index contributed by atoms with van der Waals surface area (Å²) in [6.45, 7) is 0.734. The van der Waals surface area contributed by atoms with E-state index in [0.717, 1.165) is 35.1 Å². The summed E-state index contributed by atoms with van der Waals surface area (Å²) in [6, 6.07) is 14.7. The van der Waals surface area contributed by atoms with Gasteiger partial charge < -0.3 is 5.32 Å². The lowest BCUT2D eigenvalue weighted by atomic mass is 9.81. The second-order valence-corrected chi connectivity index (χ2v) is 6.12. The number of hydrogen-bond acceptors (Lipinski definition) is 3. The number of nitrogens with zero attached hydrogens (tertiary/aromatic N) is 2. The van der Waals surface area contributed by atoms with E-state index in [0.29, 0.717) is 0 Å². The molecule has 4 rings (SSSR count).